The van der Waals surface area contributed by atoms with Gasteiger partial charge in [-0.15, -0.1) is 5.10 Å². The van der Waals surface area contributed by atoms with Gasteiger partial charge in [0.2, 0.25) is 0 Å². The molecule has 2 aliphatic heterocycles. The lowest BCUT2D eigenvalue weighted by Crippen LogP contribution is -2.47. The van der Waals surface area contributed by atoms with Crippen molar-refractivity contribution in [1.29, 1.82) is 0 Å². The number of aromatic nitrogens is 3. The third-order valence-corrected chi connectivity index (χ3v) is 5.23. The van der Waals surface area contributed by atoms with E-state index in [1.165, 1.54) is 0 Å². The summed E-state index contributed by atoms with van der Waals surface area (Å²) in [5, 5.41) is 8.11. The smallest absolute Gasteiger partial charge is 0.253 e. The van der Waals surface area contributed by atoms with Crippen LogP contribution in [-0.2, 0) is 11.8 Å². The highest BCUT2D eigenvalue weighted by molar-refractivity contribution is 5.97. The first-order chi connectivity index (χ1) is 11.6. The monoisotopic (exact) mass is 329 g/mol. The Labute approximate surface area is 141 Å². The van der Waals surface area contributed by atoms with Gasteiger partial charge in [-0.2, -0.15) is 0 Å². The van der Waals surface area contributed by atoms with Crippen molar-refractivity contribution in [1.82, 2.24) is 24.8 Å². The van der Waals surface area contributed by atoms with E-state index in [-0.39, 0.29) is 5.91 Å². The molecule has 7 heteroatoms. The van der Waals surface area contributed by atoms with E-state index >= 15 is 0 Å². The Kier molecular flexibility index (Phi) is 3.97. The van der Waals surface area contributed by atoms with E-state index < -0.39 is 0 Å². The standard InChI is InChI=1S/C17H23N5O2/c1-12-10-22(11-16(12)21-5-7-24-8-6-21)17(23)13-3-4-15-14(9-13)18-19-20(15)2/h3-4,9,12,16H,5-8,10-11H2,1-2H3/t12-,16-/m1/s1. The zero-order chi connectivity index (χ0) is 16.7. The van der Waals surface area contributed by atoms with Gasteiger partial charge in [-0.05, 0) is 24.1 Å². The molecule has 0 bridgehead atoms. The fourth-order valence-electron chi connectivity index (χ4n) is 3.86. The van der Waals surface area contributed by atoms with Gasteiger partial charge in [0.25, 0.3) is 5.91 Å². The number of amides is 1. The molecule has 4 rings (SSSR count). The predicted octanol–water partition coefficient (Wildman–Crippen LogP) is 0.761. The highest BCUT2D eigenvalue weighted by Gasteiger charge is 2.36. The van der Waals surface area contributed by atoms with Gasteiger partial charge in [-0.3, -0.25) is 9.69 Å². The normalized spacial score (nSPS) is 25.5. The maximum atomic E-state index is 12.9. The number of nitrogens with zero attached hydrogens (tertiary/aromatic N) is 5. The number of morpholine rings is 1. The Morgan fingerprint density at radius 2 is 2.04 bits per heavy atom. The first-order valence-corrected chi connectivity index (χ1v) is 8.54. The molecular weight excluding hydrogens is 306 g/mol. The summed E-state index contributed by atoms with van der Waals surface area (Å²) in [4.78, 5) is 17.3. The molecule has 1 aromatic heterocycles. The van der Waals surface area contributed by atoms with Crippen molar-refractivity contribution < 1.29 is 9.53 Å². The lowest BCUT2D eigenvalue weighted by atomic mass is 10.0. The molecule has 0 aliphatic carbocycles. The summed E-state index contributed by atoms with van der Waals surface area (Å²) in [6.07, 6.45) is 0. The Balaban J connectivity index is 1.51. The molecule has 0 unspecified atom stereocenters. The Morgan fingerprint density at radius 3 is 2.83 bits per heavy atom. The van der Waals surface area contributed by atoms with Gasteiger partial charge < -0.3 is 9.64 Å². The van der Waals surface area contributed by atoms with Crippen LogP contribution < -0.4 is 0 Å². The second kappa shape index (κ2) is 6.14. The van der Waals surface area contributed by atoms with Crippen molar-refractivity contribution in [3.63, 3.8) is 0 Å². The number of aryl methyl sites for hydroxylation is 1. The van der Waals surface area contributed by atoms with Gasteiger partial charge in [0, 0.05) is 44.8 Å². The summed E-state index contributed by atoms with van der Waals surface area (Å²) in [5.74, 6) is 0.567. The van der Waals surface area contributed by atoms with Crippen molar-refractivity contribution in [3.05, 3.63) is 23.8 Å². The van der Waals surface area contributed by atoms with Crippen LogP contribution in [-0.4, -0.2) is 76.1 Å². The van der Waals surface area contributed by atoms with Gasteiger partial charge in [0.15, 0.2) is 0 Å². The molecule has 0 radical (unpaired) electrons. The van der Waals surface area contributed by atoms with E-state index in [1.807, 2.05) is 30.1 Å². The summed E-state index contributed by atoms with van der Waals surface area (Å²) in [7, 11) is 1.85. The molecule has 0 saturated carbocycles. The van der Waals surface area contributed by atoms with E-state index in [9.17, 15) is 4.79 Å². The van der Waals surface area contributed by atoms with Crippen LogP contribution in [0.4, 0.5) is 0 Å². The summed E-state index contributed by atoms with van der Waals surface area (Å²) < 4.78 is 7.16. The summed E-state index contributed by atoms with van der Waals surface area (Å²) in [6.45, 7) is 7.34. The first-order valence-electron chi connectivity index (χ1n) is 8.54. The Morgan fingerprint density at radius 1 is 1.25 bits per heavy atom. The molecule has 2 aliphatic rings. The fraction of sp³-hybridized carbons (Fsp3) is 0.588. The molecule has 2 aromatic rings. The summed E-state index contributed by atoms with van der Waals surface area (Å²) in [6, 6.07) is 6.07. The second-order valence-corrected chi connectivity index (χ2v) is 6.82. The van der Waals surface area contributed by atoms with Crippen LogP contribution in [0.5, 0.6) is 0 Å². The van der Waals surface area contributed by atoms with Crippen molar-refractivity contribution in [2.45, 2.75) is 13.0 Å². The molecule has 3 heterocycles. The number of ether oxygens (including phenoxy) is 1. The molecule has 7 nitrogen and oxygen atoms in total. The maximum absolute atomic E-state index is 12.9. The predicted molar refractivity (Wildman–Crippen MR) is 89.8 cm³/mol. The number of rotatable bonds is 2. The molecular formula is C17H23N5O2. The number of hydrogen-bond acceptors (Lipinski definition) is 5. The van der Waals surface area contributed by atoms with Crippen LogP contribution in [0.3, 0.4) is 0 Å². The average molecular weight is 329 g/mol. The number of carbonyl (C=O) groups is 1. The number of carbonyl (C=O) groups excluding carboxylic acids is 1. The van der Waals surface area contributed by atoms with E-state index in [0.29, 0.717) is 17.5 Å². The summed E-state index contributed by atoms with van der Waals surface area (Å²) >= 11 is 0. The number of fused-ring (bicyclic) bond motifs is 1. The minimum Gasteiger partial charge on any atom is -0.379 e. The SMILES string of the molecule is C[C@@H]1CN(C(=O)c2ccc3c(c2)nnn3C)C[C@H]1N1CCOCC1. The van der Waals surface area contributed by atoms with Gasteiger partial charge in [0.05, 0.1) is 18.7 Å². The minimum atomic E-state index is 0.0881. The molecule has 1 aromatic carbocycles. The van der Waals surface area contributed by atoms with E-state index in [0.717, 1.165) is 50.4 Å². The second-order valence-electron chi connectivity index (χ2n) is 6.82. The van der Waals surface area contributed by atoms with Crippen molar-refractivity contribution >= 4 is 16.9 Å². The van der Waals surface area contributed by atoms with Gasteiger partial charge in [-0.25, -0.2) is 4.68 Å². The molecule has 2 atom stereocenters. The molecule has 24 heavy (non-hydrogen) atoms. The Bertz CT molecular complexity index is 753. The zero-order valence-electron chi connectivity index (χ0n) is 14.2. The van der Waals surface area contributed by atoms with Crippen LogP contribution in [0, 0.1) is 5.92 Å². The van der Waals surface area contributed by atoms with Crippen molar-refractivity contribution in [3.8, 4) is 0 Å². The van der Waals surface area contributed by atoms with Crippen molar-refractivity contribution in [2.24, 2.45) is 13.0 Å². The van der Waals surface area contributed by atoms with Crippen LogP contribution in [0.25, 0.3) is 11.0 Å². The highest BCUT2D eigenvalue weighted by atomic mass is 16.5. The molecule has 0 spiro atoms. The number of hydrogen-bond donors (Lipinski definition) is 0. The summed E-state index contributed by atoms with van der Waals surface area (Å²) in [5.41, 5.74) is 2.39. The highest BCUT2D eigenvalue weighted by Crippen LogP contribution is 2.25. The van der Waals surface area contributed by atoms with E-state index in [4.69, 9.17) is 4.74 Å². The quantitative estimate of drug-likeness (QED) is 0.814. The van der Waals surface area contributed by atoms with Crippen LogP contribution >= 0.6 is 0 Å². The number of likely N-dealkylation sites (tertiary alicyclic amines) is 1. The van der Waals surface area contributed by atoms with E-state index in [2.05, 4.69) is 22.1 Å². The molecule has 1 amide bonds. The third kappa shape index (κ3) is 2.67. The largest absolute Gasteiger partial charge is 0.379 e. The number of benzene rings is 1. The van der Waals surface area contributed by atoms with Gasteiger partial charge >= 0.3 is 0 Å². The van der Waals surface area contributed by atoms with Gasteiger partial charge in [0.1, 0.15) is 5.52 Å². The first kappa shape index (κ1) is 15.5. The Hall–Kier alpha value is -1.99. The molecule has 2 saturated heterocycles. The molecule has 128 valence electrons. The average Bonchev–Trinajstić information content (AvgIpc) is 3.18. The lowest BCUT2D eigenvalue weighted by Gasteiger charge is -2.33. The van der Waals surface area contributed by atoms with Crippen LogP contribution in [0.2, 0.25) is 0 Å². The van der Waals surface area contributed by atoms with Crippen molar-refractivity contribution in [2.75, 3.05) is 39.4 Å². The third-order valence-electron chi connectivity index (χ3n) is 5.23. The molecule has 2 fully saturated rings. The maximum Gasteiger partial charge on any atom is 0.253 e. The lowest BCUT2D eigenvalue weighted by molar-refractivity contribution is 0.0119. The minimum absolute atomic E-state index is 0.0881. The topological polar surface area (TPSA) is 63.5 Å². The van der Waals surface area contributed by atoms with Gasteiger partial charge in [-0.1, -0.05) is 12.1 Å². The molecule has 0 N–H and O–H groups in total. The zero-order valence-corrected chi connectivity index (χ0v) is 14.2. The van der Waals surface area contributed by atoms with E-state index in [1.54, 1.807) is 4.68 Å². The fourth-order valence-corrected chi connectivity index (χ4v) is 3.86. The van der Waals surface area contributed by atoms with Crippen LogP contribution in [0.1, 0.15) is 17.3 Å². The van der Waals surface area contributed by atoms with Crippen LogP contribution in [0.15, 0.2) is 18.2 Å².